The van der Waals surface area contributed by atoms with Gasteiger partial charge in [-0.2, -0.15) is 0 Å². The van der Waals surface area contributed by atoms with E-state index in [1.807, 2.05) is 0 Å². The second kappa shape index (κ2) is 4.15. The Hall–Kier alpha value is 0.0300. The van der Waals surface area contributed by atoms with Gasteiger partial charge in [0.05, 0.1) is 0 Å². The molecule has 0 aromatic heterocycles. The van der Waals surface area contributed by atoms with E-state index in [2.05, 4.69) is 19.9 Å². The van der Waals surface area contributed by atoms with Gasteiger partial charge in [-0.05, 0) is 38.0 Å². The highest BCUT2D eigenvalue weighted by Gasteiger charge is 2.17. The first-order valence-electron chi connectivity index (χ1n) is 4.45. The molecule has 1 unspecified atom stereocenters. The zero-order valence-corrected chi connectivity index (χ0v) is 8.19. The summed E-state index contributed by atoms with van der Waals surface area (Å²) in [6.45, 7) is 4.48. The Morgan fingerprint density at radius 3 is 2.91 bits per heavy atom. The van der Waals surface area contributed by atoms with Crippen molar-refractivity contribution in [2.75, 3.05) is 5.88 Å². The lowest BCUT2D eigenvalue weighted by molar-refractivity contribution is 0.354. The van der Waals surface area contributed by atoms with Gasteiger partial charge in [0.2, 0.25) is 0 Å². The zero-order valence-electron chi connectivity index (χ0n) is 7.44. The molecule has 1 rings (SSSR count). The highest BCUT2D eigenvalue weighted by molar-refractivity contribution is 6.18. The summed E-state index contributed by atoms with van der Waals surface area (Å²) in [6.07, 6.45) is 6.25. The van der Waals surface area contributed by atoms with Crippen molar-refractivity contribution >= 4 is 11.6 Å². The summed E-state index contributed by atoms with van der Waals surface area (Å²) < 4.78 is 0. The van der Waals surface area contributed by atoms with Gasteiger partial charge in [-0.1, -0.05) is 18.6 Å². The number of allylic oxidation sites excluding steroid dienone is 2. The average molecular weight is 173 g/mol. The van der Waals surface area contributed by atoms with Gasteiger partial charge in [0, 0.05) is 5.88 Å². The minimum absolute atomic E-state index is 0.695. The molecule has 0 aromatic rings. The van der Waals surface area contributed by atoms with Crippen molar-refractivity contribution in [1.82, 2.24) is 0 Å². The molecule has 0 bridgehead atoms. The van der Waals surface area contributed by atoms with Gasteiger partial charge < -0.3 is 0 Å². The van der Waals surface area contributed by atoms with Gasteiger partial charge in [-0.25, -0.2) is 0 Å². The lowest BCUT2D eigenvalue weighted by Gasteiger charge is -2.24. The molecule has 64 valence electrons. The molecule has 2 atom stereocenters. The molecule has 1 aliphatic rings. The molecule has 0 nitrogen and oxygen atoms in total. The van der Waals surface area contributed by atoms with Crippen LogP contribution < -0.4 is 0 Å². The molecule has 0 aromatic carbocycles. The van der Waals surface area contributed by atoms with Crippen LogP contribution in [0.5, 0.6) is 0 Å². The maximum Gasteiger partial charge on any atom is 0.0251 e. The Labute approximate surface area is 74.6 Å². The molecule has 0 N–H and O–H groups in total. The van der Waals surface area contributed by atoms with E-state index >= 15 is 0 Å². The van der Waals surface area contributed by atoms with Crippen LogP contribution in [-0.2, 0) is 0 Å². The fourth-order valence-electron chi connectivity index (χ4n) is 1.63. The van der Waals surface area contributed by atoms with Crippen LogP contribution in [0.2, 0.25) is 0 Å². The van der Waals surface area contributed by atoms with Gasteiger partial charge in [0.15, 0.2) is 0 Å². The summed E-state index contributed by atoms with van der Waals surface area (Å²) in [5, 5.41) is 0. The van der Waals surface area contributed by atoms with Crippen LogP contribution in [0.4, 0.5) is 0 Å². The Morgan fingerprint density at radius 2 is 2.45 bits per heavy atom. The van der Waals surface area contributed by atoms with Crippen molar-refractivity contribution in [3.05, 3.63) is 11.6 Å². The van der Waals surface area contributed by atoms with Crippen LogP contribution in [0.15, 0.2) is 11.6 Å². The highest BCUT2D eigenvalue weighted by atomic mass is 35.5. The molecule has 0 saturated carbocycles. The predicted molar refractivity (Wildman–Crippen MR) is 51.0 cm³/mol. The molecule has 0 amide bonds. The third-order valence-electron chi connectivity index (χ3n) is 2.73. The fraction of sp³-hybridized carbons (Fsp3) is 0.800. The first-order chi connectivity index (χ1) is 5.24. The molecule has 0 saturated heterocycles. The van der Waals surface area contributed by atoms with E-state index in [0.717, 1.165) is 11.8 Å². The minimum Gasteiger partial charge on any atom is -0.126 e. The molecular formula is C10H17Cl. The predicted octanol–water partition coefficient (Wildman–Crippen LogP) is 3.61. The monoisotopic (exact) mass is 172 g/mol. The van der Waals surface area contributed by atoms with Crippen LogP contribution in [0, 0.1) is 11.8 Å². The Kier molecular flexibility index (Phi) is 3.45. The molecule has 0 aliphatic heterocycles. The van der Waals surface area contributed by atoms with Gasteiger partial charge in [0.25, 0.3) is 0 Å². The van der Waals surface area contributed by atoms with E-state index in [1.54, 1.807) is 5.57 Å². The maximum atomic E-state index is 5.80. The van der Waals surface area contributed by atoms with E-state index < -0.39 is 0 Å². The quantitative estimate of drug-likeness (QED) is 0.441. The molecule has 0 spiro atoms. The number of hydrogen-bond acceptors (Lipinski definition) is 0. The average Bonchev–Trinajstić information content (AvgIpc) is 2.05. The molecular weight excluding hydrogens is 156 g/mol. The largest absolute Gasteiger partial charge is 0.126 e. The minimum atomic E-state index is 0.695. The van der Waals surface area contributed by atoms with Gasteiger partial charge in [-0.15, -0.1) is 11.6 Å². The van der Waals surface area contributed by atoms with E-state index in [0.29, 0.717) is 5.92 Å². The van der Waals surface area contributed by atoms with Crippen LogP contribution in [0.3, 0.4) is 0 Å². The van der Waals surface area contributed by atoms with Crippen LogP contribution >= 0.6 is 11.6 Å². The Morgan fingerprint density at radius 1 is 1.73 bits per heavy atom. The van der Waals surface area contributed by atoms with Gasteiger partial charge in [0.1, 0.15) is 0 Å². The Balaban J connectivity index is 2.40. The SMILES string of the molecule is CC1=CC[C@H](C(C)CCl)CC1. The number of rotatable bonds is 2. The van der Waals surface area contributed by atoms with Crippen molar-refractivity contribution in [2.45, 2.75) is 33.1 Å². The summed E-state index contributed by atoms with van der Waals surface area (Å²) in [7, 11) is 0. The summed E-state index contributed by atoms with van der Waals surface area (Å²) in [5.74, 6) is 2.36. The fourth-order valence-corrected chi connectivity index (χ4v) is 1.88. The molecule has 0 fully saturated rings. The van der Waals surface area contributed by atoms with Crippen molar-refractivity contribution in [3.63, 3.8) is 0 Å². The van der Waals surface area contributed by atoms with Crippen molar-refractivity contribution in [2.24, 2.45) is 11.8 Å². The molecule has 11 heavy (non-hydrogen) atoms. The standard InChI is InChI=1S/C10H17Cl/c1-8-3-5-10(6-4-8)9(2)7-11/h3,9-10H,4-7H2,1-2H3/t9?,10-/m0/s1. The van der Waals surface area contributed by atoms with Crippen LogP contribution in [-0.4, -0.2) is 5.88 Å². The summed E-state index contributed by atoms with van der Waals surface area (Å²) in [6, 6.07) is 0. The molecule has 1 aliphatic carbocycles. The van der Waals surface area contributed by atoms with Crippen molar-refractivity contribution in [1.29, 1.82) is 0 Å². The summed E-state index contributed by atoms with van der Waals surface area (Å²) >= 11 is 5.80. The maximum absolute atomic E-state index is 5.80. The van der Waals surface area contributed by atoms with E-state index in [9.17, 15) is 0 Å². The lowest BCUT2D eigenvalue weighted by atomic mass is 9.83. The van der Waals surface area contributed by atoms with Crippen LogP contribution in [0.25, 0.3) is 0 Å². The zero-order chi connectivity index (χ0) is 8.27. The van der Waals surface area contributed by atoms with E-state index in [-0.39, 0.29) is 0 Å². The van der Waals surface area contributed by atoms with E-state index in [4.69, 9.17) is 11.6 Å². The topological polar surface area (TPSA) is 0 Å². The summed E-state index contributed by atoms with van der Waals surface area (Å²) in [5.41, 5.74) is 1.56. The molecule has 1 heteroatoms. The lowest BCUT2D eigenvalue weighted by Crippen LogP contribution is -2.15. The van der Waals surface area contributed by atoms with Crippen LogP contribution in [0.1, 0.15) is 33.1 Å². The number of hydrogen-bond donors (Lipinski definition) is 0. The molecule has 0 heterocycles. The smallest absolute Gasteiger partial charge is 0.0251 e. The van der Waals surface area contributed by atoms with Crippen molar-refractivity contribution < 1.29 is 0 Å². The van der Waals surface area contributed by atoms with Gasteiger partial charge >= 0.3 is 0 Å². The normalized spacial score (nSPS) is 27.9. The molecule has 0 radical (unpaired) electrons. The number of halogens is 1. The highest BCUT2D eigenvalue weighted by Crippen LogP contribution is 2.29. The third-order valence-corrected chi connectivity index (χ3v) is 3.21. The second-order valence-corrected chi connectivity index (χ2v) is 4.03. The summed E-state index contributed by atoms with van der Waals surface area (Å²) in [4.78, 5) is 0. The van der Waals surface area contributed by atoms with E-state index in [1.165, 1.54) is 19.3 Å². The number of alkyl halides is 1. The van der Waals surface area contributed by atoms with Crippen molar-refractivity contribution in [3.8, 4) is 0 Å². The third kappa shape index (κ3) is 2.52. The Bertz CT molecular complexity index is 149. The first-order valence-corrected chi connectivity index (χ1v) is 4.99. The van der Waals surface area contributed by atoms with Gasteiger partial charge in [-0.3, -0.25) is 0 Å². The first kappa shape index (κ1) is 9.12. The second-order valence-electron chi connectivity index (χ2n) is 3.72.